The first-order valence-electron chi connectivity index (χ1n) is 3.64. The number of hydrogen-bond donors (Lipinski definition) is 1. The van der Waals surface area contributed by atoms with Crippen molar-refractivity contribution >= 4 is 21.4 Å². The van der Waals surface area contributed by atoms with E-state index in [1.165, 1.54) is 23.0 Å². The summed E-state index contributed by atoms with van der Waals surface area (Å²) in [5, 5.41) is 12.8. The Kier molecular flexibility index (Phi) is 2.05. The van der Waals surface area contributed by atoms with Crippen molar-refractivity contribution in [3.8, 4) is 0 Å². The maximum Gasteiger partial charge on any atom is 0.142 e. The normalized spacial score (nSPS) is 11.0. The molecule has 2 aromatic heterocycles. The second-order valence-corrected chi connectivity index (χ2v) is 3.48. The average Bonchev–Trinajstić information content (AvgIpc) is 2.47. The van der Waals surface area contributed by atoms with Gasteiger partial charge in [0.2, 0.25) is 0 Å². The molecule has 0 radical (unpaired) electrons. The lowest BCUT2D eigenvalue weighted by molar-refractivity contribution is 0.283. The summed E-state index contributed by atoms with van der Waals surface area (Å²) in [6.45, 7) is -0.103. The number of rotatable bonds is 1. The predicted molar refractivity (Wildman–Crippen MR) is 48.8 cm³/mol. The van der Waals surface area contributed by atoms with Crippen molar-refractivity contribution in [2.75, 3.05) is 0 Å². The number of hydrogen-bond acceptors (Lipinski definition) is 2. The van der Waals surface area contributed by atoms with E-state index >= 15 is 0 Å². The van der Waals surface area contributed by atoms with Gasteiger partial charge in [0.25, 0.3) is 0 Å². The quantitative estimate of drug-likeness (QED) is 0.830. The van der Waals surface area contributed by atoms with Gasteiger partial charge in [-0.1, -0.05) is 0 Å². The fourth-order valence-electron chi connectivity index (χ4n) is 1.22. The first-order chi connectivity index (χ1) is 6.22. The minimum Gasteiger partial charge on any atom is -0.392 e. The molecule has 0 saturated carbocycles. The SMILES string of the molecule is OCc1cnn2cc(F)cc(Br)c12. The van der Waals surface area contributed by atoms with Gasteiger partial charge in [0.1, 0.15) is 5.82 Å². The number of aromatic nitrogens is 2. The van der Waals surface area contributed by atoms with E-state index in [0.717, 1.165) is 0 Å². The summed E-state index contributed by atoms with van der Waals surface area (Å²) in [7, 11) is 0. The molecule has 5 heteroatoms. The van der Waals surface area contributed by atoms with Crippen LogP contribution in [0.15, 0.2) is 22.9 Å². The van der Waals surface area contributed by atoms with Gasteiger partial charge in [-0.25, -0.2) is 8.91 Å². The molecule has 0 amide bonds. The molecule has 0 unspecified atom stereocenters. The van der Waals surface area contributed by atoms with Crippen molar-refractivity contribution in [1.82, 2.24) is 9.61 Å². The van der Waals surface area contributed by atoms with Gasteiger partial charge in [-0.3, -0.25) is 0 Å². The second kappa shape index (κ2) is 3.08. The number of pyridine rings is 1. The zero-order chi connectivity index (χ0) is 9.42. The van der Waals surface area contributed by atoms with Gasteiger partial charge in [0, 0.05) is 10.0 Å². The van der Waals surface area contributed by atoms with E-state index < -0.39 is 0 Å². The minimum atomic E-state index is -0.369. The molecule has 0 fully saturated rings. The van der Waals surface area contributed by atoms with Crippen LogP contribution in [0.5, 0.6) is 0 Å². The lowest BCUT2D eigenvalue weighted by atomic mass is 10.3. The molecular weight excluding hydrogens is 239 g/mol. The lowest BCUT2D eigenvalue weighted by Crippen LogP contribution is -1.91. The van der Waals surface area contributed by atoms with Crippen LogP contribution in [-0.2, 0) is 6.61 Å². The molecule has 3 nitrogen and oxygen atoms in total. The zero-order valence-electron chi connectivity index (χ0n) is 6.54. The molecule has 0 bridgehead atoms. The fourth-order valence-corrected chi connectivity index (χ4v) is 1.87. The lowest BCUT2D eigenvalue weighted by Gasteiger charge is -1.98. The Labute approximate surface area is 81.9 Å². The van der Waals surface area contributed by atoms with Gasteiger partial charge in [0.15, 0.2) is 0 Å². The average molecular weight is 245 g/mol. The molecular formula is C8H6BrFN2O. The zero-order valence-corrected chi connectivity index (χ0v) is 8.12. The number of nitrogens with zero attached hydrogens (tertiary/aromatic N) is 2. The maximum absolute atomic E-state index is 12.9. The molecule has 0 atom stereocenters. The molecule has 2 aromatic rings. The van der Waals surface area contributed by atoms with Gasteiger partial charge in [-0.05, 0) is 22.0 Å². The summed E-state index contributed by atoms with van der Waals surface area (Å²) in [5.41, 5.74) is 1.37. The van der Waals surface area contributed by atoms with Crippen LogP contribution in [0.3, 0.4) is 0 Å². The highest BCUT2D eigenvalue weighted by Crippen LogP contribution is 2.22. The maximum atomic E-state index is 12.9. The summed E-state index contributed by atoms with van der Waals surface area (Å²) in [4.78, 5) is 0. The Morgan fingerprint density at radius 1 is 1.62 bits per heavy atom. The third-order valence-electron chi connectivity index (χ3n) is 1.78. The van der Waals surface area contributed by atoms with Crippen molar-refractivity contribution in [2.24, 2.45) is 0 Å². The smallest absolute Gasteiger partial charge is 0.142 e. The van der Waals surface area contributed by atoms with E-state index in [9.17, 15) is 4.39 Å². The van der Waals surface area contributed by atoms with Crippen LogP contribution in [0.1, 0.15) is 5.56 Å². The van der Waals surface area contributed by atoms with Crippen molar-refractivity contribution in [1.29, 1.82) is 0 Å². The van der Waals surface area contributed by atoms with E-state index in [0.29, 0.717) is 15.6 Å². The third-order valence-corrected chi connectivity index (χ3v) is 2.38. The van der Waals surface area contributed by atoms with Crippen molar-refractivity contribution in [3.05, 3.63) is 34.3 Å². The van der Waals surface area contributed by atoms with E-state index in [4.69, 9.17) is 5.11 Å². The van der Waals surface area contributed by atoms with E-state index in [1.54, 1.807) is 0 Å². The number of aliphatic hydroxyl groups is 1. The van der Waals surface area contributed by atoms with Crippen molar-refractivity contribution in [3.63, 3.8) is 0 Å². The number of fused-ring (bicyclic) bond motifs is 1. The van der Waals surface area contributed by atoms with Gasteiger partial charge in [-0.15, -0.1) is 0 Å². The fraction of sp³-hybridized carbons (Fsp3) is 0.125. The Morgan fingerprint density at radius 2 is 2.38 bits per heavy atom. The Morgan fingerprint density at radius 3 is 3.08 bits per heavy atom. The summed E-state index contributed by atoms with van der Waals surface area (Å²) < 4.78 is 14.8. The molecule has 0 saturated heterocycles. The Bertz CT molecular complexity index is 455. The topological polar surface area (TPSA) is 37.5 Å². The van der Waals surface area contributed by atoms with Gasteiger partial charge in [0.05, 0.1) is 24.5 Å². The van der Waals surface area contributed by atoms with Gasteiger partial charge >= 0.3 is 0 Å². The Balaban J connectivity index is 2.82. The summed E-state index contributed by atoms with van der Waals surface area (Å²) in [6, 6.07) is 1.34. The van der Waals surface area contributed by atoms with E-state index in [2.05, 4.69) is 21.0 Å². The molecule has 2 heterocycles. The monoisotopic (exact) mass is 244 g/mol. The van der Waals surface area contributed by atoms with E-state index in [1.807, 2.05) is 0 Å². The molecule has 2 rings (SSSR count). The van der Waals surface area contributed by atoms with Gasteiger partial charge in [-0.2, -0.15) is 5.10 Å². The van der Waals surface area contributed by atoms with Gasteiger partial charge < -0.3 is 5.11 Å². The van der Waals surface area contributed by atoms with Crippen LogP contribution >= 0.6 is 15.9 Å². The highest BCUT2D eigenvalue weighted by molar-refractivity contribution is 9.10. The molecule has 0 aliphatic carbocycles. The van der Waals surface area contributed by atoms with Crippen molar-refractivity contribution < 1.29 is 9.50 Å². The van der Waals surface area contributed by atoms with Crippen LogP contribution in [0.4, 0.5) is 4.39 Å². The van der Waals surface area contributed by atoms with E-state index in [-0.39, 0.29) is 12.4 Å². The number of aliphatic hydroxyl groups excluding tert-OH is 1. The molecule has 0 aliphatic rings. The Hall–Kier alpha value is -0.940. The predicted octanol–water partition coefficient (Wildman–Crippen LogP) is 1.73. The van der Waals surface area contributed by atoms with Crippen LogP contribution in [0, 0.1) is 5.82 Å². The van der Waals surface area contributed by atoms with Crippen LogP contribution in [-0.4, -0.2) is 14.7 Å². The summed E-state index contributed by atoms with van der Waals surface area (Å²) in [5.74, 6) is -0.369. The molecule has 1 N–H and O–H groups in total. The summed E-state index contributed by atoms with van der Waals surface area (Å²) >= 11 is 3.21. The van der Waals surface area contributed by atoms with Crippen molar-refractivity contribution in [2.45, 2.75) is 6.61 Å². The van der Waals surface area contributed by atoms with Crippen LogP contribution < -0.4 is 0 Å². The highest BCUT2D eigenvalue weighted by atomic mass is 79.9. The molecule has 0 spiro atoms. The van der Waals surface area contributed by atoms with Crippen LogP contribution in [0.2, 0.25) is 0 Å². The highest BCUT2D eigenvalue weighted by Gasteiger charge is 2.07. The minimum absolute atomic E-state index is 0.103. The summed E-state index contributed by atoms with van der Waals surface area (Å²) in [6.07, 6.45) is 2.78. The first-order valence-corrected chi connectivity index (χ1v) is 4.44. The first kappa shape index (κ1) is 8.65. The second-order valence-electron chi connectivity index (χ2n) is 2.63. The molecule has 0 aliphatic heterocycles. The standard InChI is InChI=1S/C8H6BrFN2O/c9-7-1-6(10)3-12-8(7)5(4-13)2-11-12/h1-3,13H,4H2. The largest absolute Gasteiger partial charge is 0.392 e. The molecule has 0 aromatic carbocycles. The van der Waals surface area contributed by atoms with Crippen LogP contribution in [0.25, 0.3) is 5.52 Å². The molecule has 13 heavy (non-hydrogen) atoms. The third kappa shape index (κ3) is 1.34. The molecule has 68 valence electrons. The number of halogens is 2.